The minimum absolute atomic E-state index is 0.144. The number of aliphatic hydroxyl groups is 1. The van der Waals surface area contributed by atoms with E-state index in [0.29, 0.717) is 23.6 Å². The fraction of sp³-hybridized carbons (Fsp3) is 0.462. The van der Waals surface area contributed by atoms with Crippen LogP contribution in [-0.4, -0.2) is 29.4 Å². The molecule has 0 saturated heterocycles. The summed E-state index contributed by atoms with van der Waals surface area (Å²) in [5.74, 6) is 0.754. The van der Waals surface area contributed by atoms with E-state index in [1.54, 1.807) is 30.8 Å². The van der Waals surface area contributed by atoms with E-state index < -0.39 is 6.10 Å². The minimum atomic E-state index is -0.408. The van der Waals surface area contributed by atoms with Crippen molar-refractivity contribution in [2.45, 2.75) is 31.3 Å². The van der Waals surface area contributed by atoms with Crippen molar-refractivity contribution in [2.24, 2.45) is 0 Å². The molecule has 0 heterocycles. The van der Waals surface area contributed by atoms with E-state index in [-0.39, 0.29) is 5.91 Å². The van der Waals surface area contributed by atoms with Gasteiger partial charge in [-0.1, -0.05) is 18.5 Å². The first-order valence-electron chi connectivity index (χ1n) is 5.93. The van der Waals surface area contributed by atoms with Crippen molar-refractivity contribution in [1.82, 2.24) is 5.32 Å². The number of amides is 1. The third-order valence-electron chi connectivity index (χ3n) is 2.33. The van der Waals surface area contributed by atoms with Gasteiger partial charge in [-0.2, -0.15) is 0 Å². The Balaban J connectivity index is 2.73. The molecule has 3 nitrogen and oxygen atoms in total. The highest BCUT2D eigenvalue weighted by Gasteiger charge is 2.12. The van der Waals surface area contributed by atoms with Crippen molar-refractivity contribution in [3.63, 3.8) is 0 Å². The van der Waals surface area contributed by atoms with Crippen LogP contribution in [0, 0.1) is 0 Å². The van der Waals surface area contributed by atoms with Gasteiger partial charge in [-0.3, -0.25) is 4.79 Å². The normalized spacial score (nSPS) is 12.2. The average Bonchev–Trinajstić information content (AvgIpc) is 2.31. The van der Waals surface area contributed by atoms with Crippen LogP contribution >= 0.6 is 23.4 Å². The number of thioether (sulfide) groups is 1. The minimum Gasteiger partial charge on any atom is -0.393 e. The number of aliphatic hydroxyl groups excluding tert-OH is 1. The summed E-state index contributed by atoms with van der Waals surface area (Å²) >= 11 is 7.53. The molecule has 0 aliphatic rings. The van der Waals surface area contributed by atoms with Gasteiger partial charge >= 0.3 is 0 Å². The Morgan fingerprint density at radius 2 is 2.28 bits per heavy atom. The zero-order valence-corrected chi connectivity index (χ0v) is 12.1. The van der Waals surface area contributed by atoms with Crippen molar-refractivity contribution in [3.8, 4) is 0 Å². The predicted octanol–water partition coefficient (Wildman–Crippen LogP) is 2.95. The Morgan fingerprint density at radius 3 is 2.89 bits per heavy atom. The number of carbonyl (C=O) groups excluding carboxylic acids is 1. The van der Waals surface area contributed by atoms with Crippen molar-refractivity contribution < 1.29 is 9.90 Å². The van der Waals surface area contributed by atoms with Gasteiger partial charge in [-0.15, -0.1) is 11.8 Å². The van der Waals surface area contributed by atoms with Gasteiger partial charge in [0.25, 0.3) is 5.91 Å². The van der Waals surface area contributed by atoms with Crippen LogP contribution in [0.2, 0.25) is 5.02 Å². The van der Waals surface area contributed by atoms with E-state index in [4.69, 9.17) is 16.7 Å². The number of halogens is 1. The number of rotatable bonds is 6. The van der Waals surface area contributed by atoms with E-state index in [9.17, 15) is 4.79 Å². The van der Waals surface area contributed by atoms with Crippen LogP contribution < -0.4 is 5.32 Å². The molecule has 1 aromatic carbocycles. The molecule has 5 heteroatoms. The highest BCUT2D eigenvalue weighted by molar-refractivity contribution is 7.99. The Hall–Kier alpha value is -0.710. The number of hydrogen-bond acceptors (Lipinski definition) is 3. The van der Waals surface area contributed by atoms with Crippen LogP contribution in [0.15, 0.2) is 23.1 Å². The van der Waals surface area contributed by atoms with Gasteiger partial charge in [0, 0.05) is 16.5 Å². The molecule has 1 rings (SSSR count). The zero-order chi connectivity index (χ0) is 13.5. The van der Waals surface area contributed by atoms with Gasteiger partial charge in [-0.05, 0) is 37.3 Å². The summed E-state index contributed by atoms with van der Waals surface area (Å²) in [5.41, 5.74) is 0.597. The summed E-state index contributed by atoms with van der Waals surface area (Å²) in [6.07, 6.45) is 0.136. The Bertz CT molecular complexity index is 410. The summed E-state index contributed by atoms with van der Waals surface area (Å²) in [6.45, 7) is 4.19. The van der Waals surface area contributed by atoms with Gasteiger partial charge in [0.15, 0.2) is 0 Å². The van der Waals surface area contributed by atoms with Gasteiger partial charge in [0.05, 0.1) is 11.7 Å². The summed E-state index contributed by atoms with van der Waals surface area (Å²) in [4.78, 5) is 12.9. The molecule has 1 atom stereocenters. The second kappa shape index (κ2) is 7.67. The van der Waals surface area contributed by atoms with Crippen LogP contribution in [0.1, 0.15) is 30.6 Å². The van der Waals surface area contributed by atoms with Crippen LogP contribution in [0.25, 0.3) is 0 Å². The molecule has 0 aromatic heterocycles. The third-order valence-corrected chi connectivity index (χ3v) is 3.52. The molecule has 0 spiro atoms. The first-order chi connectivity index (χ1) is 8.54. The molecule has 1 unspecified atom stereocenters. The maximum Gasteiger partial charge on any atom is 0.252 e. The van der Waals surface area contributed by atoms with Gasteiger partial charge < -0.3 is 10.4 Å². The second-order valence-electron chi connectivity index (χ2n) is 3.97. The molecule has 0 bridgehead atoms. The number of benzene rings is 1. The lowest BCUT2D eigenvalue weighted by molar-refractivity contribution is 0.0942. The molecular formula is C13H18ClNO2S. The first kappa shape index (κ1) is 15.3. The van der Waals surface area contributed by atoms with Crippen LogP contribution in [0.5, 0.6) is 0 Å². The molecule has 0 fully saturated rings. The molecule has 0 aliphatic heterocycles. The summed E-state index contributed by atoms with van der Waals surface area (Å²) in [5, 5.41) is 12.5. The molecule has 1 amide bonds. The fourth-order valence-electron chi connectivity index (χ4n) is 1.45. The number of carbonyl (C=O) groups is 1. The molecular weight excluding hydrogens is 270 g/mol. The monoisotopic (exact) mass is 287 g/mol. The van der Waals surface area contributed by atoms with Crippen molar-refractivity contribution in [1.29, 1.82) is 0 Å². The SMILES string of the molecule is CCSc1ccc(Cl)cc1C(=O)NCCC(C)O. The highest BCUT2D eigenvalue weighted by Crippen LogP contribution is 2.25. The standard InChI is InChI=1S/C13H18ClNO2S/c1-3-18-12-5-4-10(14)8-11(12)13(17)15-7-6-9(2)16/h4-5,8-9,16H,3,6-7H2,1-2H3,(H,15,17). The maximum absolute atomic E-state index is 12.0. The zero-order valence-electron chi connectivity index (χ0n) is 10.6. The summed E-state index contributed by atoms with van der Waals surface area (Å²) in [6, 6.07) is 5.32. The molecule has 0 radical (unpaired) electrons. The van der Waals surface area contributed by atoms with Crippen LogP contribution in [0.3, 0.4) is 0 Å². The summed E-state index contributed by atoms with van der Waals surface area (Å²) < 4.78 is 0. The van der Waals surface area contributed by atoms with Crippen LogP contribution in [0.4, 0.5) is 0 Å². The topological polar surface area (TPSA) is 49.3 Å². The number of nitrogens with one attached hydrogen (secondary N) is 1. The van der Waals surface area contributed by atoms with Crippen molar-refractivity contribution in [2.75, 3.05) is 12.3 Å². The fourth-order valence-corrected chi connectivity index (χ4v) is 2.41. The lowest BCUT2D eigenvalue weighted by atomic mass is 10.2. The predicted molar refractivity (Wildman–Crippen MR) is 76.5 cm³/mol. The third kappa shape index (κ3) is 4.88. The smallest absolute Gasteiger partial charge is 0.252 e. The molecule has 2 N–H and O–H groups in total. The average molecular weight is 288 g/mol. The molecule has 0 aliphatic carbocycles. The van der Waals surface area contributed by atoms with Gasteiger partial charge in [-0.25, -0.2) is 0 Å². The quantitative estimate of drug-likeness (QED) is 0.791. The molecule has 1 aromatic rings. The van der Waals surface area contributed by atoms with Crippen LogP contribution in [-0.2, 0) is 0 Å². The Labute approximate surface area is 117 Å². The lowest BCUT2D eigenvalue weighted by Gasteiger charge is -2.10. The van der Waals surface area contributed by atoms with Crippen molar-refractivity contribution in [3.05, 3.63) is 28.8 Å². The summed E-state index contributed by atoms with van der Waals surface area (Å²) in [7, 11) is 0. The van der Waals surface area contributed by atoms with Gasteiger partial charge in [0.1, 0.15) is 0 Å². The highest BCUT2D eigenvalue weighted by atomic mass is 35.5. The Kier molecular flexibility index (Phi) is 6.54. The second-order valence-corrected chi connectivity index (χ2v) is 5.71. The molecule has 100 valence electrons. The lowest BCUT2D eigenvalue weighted by Crippen LogP contribution is -2.27. The molecule has 18 heavy (non-hydrogen) atoms. The Morgan fingerprint density at radius 1 is 1.56 bits per heavy atom. The van der Waals surface area contributed by atoms with E-state index in [0.717, 1.165) is 10.6 Å². The van der Waals surface area contributed by atoms with Crippen molar-refractivity contribution >= 4 is 29.3 Å². The van der Waals surface area contributed by atoms with E-state index in [1.807, 2.05) is 13.0 Å². The maximum atomic E-state index is 12.0. The van der Waals surface area contributed by atoms with E-state index in [2.05, 4.69) is 5.32 Å². The molecule has 0 saturated carbocycles. The van der Waals surface area contributed by atoms with Gasteiger partial charge in [0.2, 0.25) is 0 Å². The first-order valence-corrected chi connectivity index (χ1v) is 7.29. The largest absolute Gasteiger partial charge is 0.393 e. The number of hydrogen-bond donors (Lipinski definition) is 2. The van der Waals surface area contributed by atoms with E-state index in [1.165, 1.54) is 0 Å². The van der Waals surface area contributed by atoms with E-state index >= 15 is 0 Å².